The number of benzene rings is 1. The van der Waals surface area contributed by atoms with Crippen molar-refractivity contribution in [1.82, 2.24) is 0 Å². The van der Waals surface area contributed by atoms with E-state index in [1.807, 2.05) is 0 Å². The van der Waals surface area contributed by atoms with E-state index in [9.17, 15) is 14.4 Å². The van der Waals surface area contributed by atoms with Crippen molar-refractivity contribution in [3.8, 4) is 5.75 Å². The maximum atomic E-state index is 12.0. The lowest BCUT2D eigenvalue weighted by molar-refractivity contribution is -0.131. The average Bonchev–Trinajstić information content (AvgIpc) is 2.43. The largest absolute Gasteiger partial charge is 0.496 e. The molecular formula is C15H14O6. The number of hydrogen-bond acceptors (Lipinski definition) is 5. The summed E-state index contributed by atoms with van der Waals surface area (Å²) in [5, 5.41) is 8.63. The number of cyclic esters (lactones) is 1. The van der Waals surface area contributed by atoms with Crippen LogP contribution in [0, 0.1) is 0 Å². The number of aliphatic carboxylic acids is 1. The minimum Gasteiger partial charge on any atom is -0.496 e. The number of ether oxygens (including phenoxy) is 2. The van der Waals surface area contributed by atoms with E-state index < -0.39 is 18.0 Å². The SMILES string of the molecule is COc1ccc2c(c1C(C)=O)CC(C=CC(=O)O)OC2=O. The molecular weight excluding hydrogens is 276 g/mol. The molecule has 0 radical (unpaired) electrons. The smallest absolute Gasteiger partial charge is 0.339 e. The van der Waals surface area contributed by atoms with Crippen LogP contribution in [0.25, 0.3) is 0 Å². The highest BCUT2D eigenvalue weighted by Gasteiger charge is 2.30. The van der Waals surface area contributed by atoms with Crippen LogP contribution >= 0.6 is 0 Å². The molecule has 110 valence electrons. The van der Waals surface area contributed by atoms with Gasteiger partial charge in [-0.05, 0) is 30.7 Å². The van der Waals surface area contributed by atoms with E-state index in [4.69, 9.17) is 14.6 Å². The molecule has 1 N–H and O–H groups in total. The zero-order chi connectivity index (χ0) is 15.6. The highest BCUT2D eigenvalue weighted by atomic mass is 16.5. The second kappa shape index (κ2) is 5.78. The Morgan fingerprint density at radius 3 is 2.71 bits per heavy atom. The Hall–Kier alpha value is -2.63. The number of carboxylic acid groups (broad SMARTS) is 1. The molecule has 0 saturated carbocycles. The van der Waals surface area contributed by atoms with Gasteiger partial charge >= 0.3 is 11.9 Å². The summed E-state index contributed by atoms with van der Waals surface area (Å²) >= 11 is 0. The molecule has 0 spiro atoms. The van der Waals surface area contributed by atoms with Gasteiger partial charge < -0.3 is 14.6 Å². The van der Waals surface area contributed by atoms with Crippen molar-refractivity contribution in [2.24, 2.45) is 0 Å². The zero-order valence-electron chi connectivity index (χ0n) is 11.6. The third-order valence-corrected chi connectivity index (χ3v) is 3.18. The van der Waals surface area contributed by atoms with E-state index in [-0.39, 0.29) is 12.2 Å². The van der Waals surface area contributed by atoms with Crippen molar-refractivity contribution in [1.29, 1.82) is 0 Å². The minimum absolute atomic E-state index is 0.223. The molecule has 0 fully saturated rings. The molecule has 0 saturated heterocycles. The number of fused-ring (bicyclic) bond motifs is 1. The van der Waals surface area contributed by atoms with Gasteiger partial charge in [0.1, 0.15) is 11.9 Å². The number of carboxylic acids is 1. The first-order chi connectivity index (χ1) is 9.93. The predicted octanol–water partition coefficient (Wildman–Crippen LogP) is 1.62. The lowest BCUT2D eigenvalue weighted by Crippen LogP contribution is -2.28. The van der Waals surface area contributed by atoms with Crippen LogP contribution in [0.3, 0.4) is 0 Å². The monoisotopic (exact) mass is 290 g/mol. The quantitative estimate of drug-likeness (QED) is 0.515. The molecule has 6 nitrogen and oxygen atoms in total. The summed E-state index contributed by atoms with van der Waals surface area (Å²) in [4.78, 5) is 34.3. The molecule has 0 bridgehead atoms. The second-order valence-corrected chi connectivity index (χ2v) is 4.57. The van der Waals surface area contributed by atoms with E-state index >= 15 is 0 Å². The van der Waals surface area contributed by atoms with E-state index in [0.29, 0.717) is 22.4 Å². The van der Waals surface area contributed by atoms with Crippen LogP contribution < -0.4 is 4.74 Å². The fourth-order valence-electron chi connectivity index (χ4n) is 2.33. The molecule has 0 amide bonds. The van der Waals surface area contributed by atoms with Crippen LogP contribution in [-0.4, -0.2) is 36.0 Å². The molecule has 1 heterocycles. The number of methoxy groups -OCH3 is 1. The number of Topliss-reactive ketones (excluding diaryl/α,β-unsaturated/α-hetero) is 1. The maximum absolute atomic E-state index is 12.0. The van der Waals surface area contributed by atoms with E-state index in [1.54, 1.807) is 12.1 Å². The Morgan fingerprint density at radius 1 is 1.43 bits per heavy atom. The summed E-state index contributed by atoms with van der Waals surface area (Å²) in [6.07, 6.45) is 1.71. The third kappa shape index (κ3) is 2.94. The molecule has 1 unspecified atom stereocenters. The van der Waals surface area contributed by atoms with Gasteiger partial charge in [-0.3, -0.25) is 4.79 Å². The van der Waals surface area contributed by atoms with Crippen LogP contribution in [-0.2, 0) is 16.0 Å². The molecule has 1 atom stereocenters. The zero-order valence-corrected chi connectivity index (χ0v) is 11.6. The van der Waals surface area contributed by atoms with Gasteiger partial charge in [-0.1, -0.05) is 0 Å². The van der Waals surface area contributed by atoms with Gasteiger partial charge in [0.2, 0.25) is 0 Å². The van der Waals surface area contributed by atoms with Crippen molar-refractivity contribution >= 4 is 17.7 Å². The van der Waals surface area contributed by atoms with Gasteiger partial charge in [0.15, 0.2) is 5.78 Å². The first kappa shape index (κ1) is 14.8. The molecule has 2 rings (SSSR count). The normalized spacial score (nSPS) is 17.2. The molecule has 0 aromatic heterocycles. The van der Waals surface area contributed by atoms with Gasteiger partial charge in [0, 0.05) is 12.5 Å². The number of carbonyl (C=O) groups is 3. The highest BCUT2D eigenvalue weighted by molar-refractivity contribution is 6.03. The molecule has 1 aliphatic heterocycles. The molecule has 6 heteroatoms. The van der Waals surface area contributed by atoms with Gasteiger partial charge in [0.25, 0.3) is 0 Å². The maximum Gasteiger partial charge on any atom is 0.339 e. The number of rotatable bonds is 4. The second-order valence-electron chi connectivity index (χ2n) is 4.57. The third-order valence-electron chi connectivity index (χ3n) is 3.18. The van der Waals surface area contributed by atoms with E-state index in [1.165, 1.54) is 20.1 Å². The molecule has 1 aromatic rings. The number of hydrogen-bond donors (Lipinski definition) is 1. The summed E-state index contributed by atoms with van der Waals surface area (Å²) in [7, 11) is 1.44. The minimum atomic E-state index is -1.13. The molecule has 21 heavy (non-hydrogen) atoms. The molecule has 0 aliphatic carbocycles. The van der Waals surface area contributed by atoms with Crippen LogP contribution in [0.1, 0.15) is 33.2 Å². The van der Waals surface area contributed by atoms with Crippen molar-refractivity contribution in [2.45, 2.75) is 19.4 Å². The standard InChI is InChI=1S/C15H14O6/c1-8(16)14-11-7-9(3-6-13(17)18)21-15(19)10(11)4-5-12(14)20-2/h3-6,9H,7H2,1-2H3,(H,17,18). The van der Waals surface area contributed by atoms with Gasteiger partial charge in [-0.2, -0.15) is 0 Å². The number of esters is 1. The molecule has 1 aliphatic rings. The van der Waals surface area contributed by atoms with Crippen LogP contribution in [0.15, 0.2) is 24.3 Å². The van der Waals surface area contributed by atoms with E-state index in [2.05, 4.69) is 0 Å². The first-order valence-electron chi connectivity index (χ1n) is 6.27. The summed E-state index contributed by atoms with van der Waals surface area (Å²) in [5.41, 5.74) is 1.17. The number of carbonyl (C=O) groups excluding carboxylic acids is 2. The topological polar surface area (TPSA) is 89.9 Å². The average molecular weight is 290 g/mol. The lowest BCUT2D eigenvalue weighted by atomic mass is 9.91. The summed E-state index contributed by atoms with van der Waals surface area (Å²) in [5.74, 6) is -1.55. The predicted molar refractivity (Wildman–Crippen MR) is 72.7 cm³/mol. The highest BCUT2D eigenvalue weighted by Crippen LogP contribution is 2.31. The Labute approximate surface area is 121 Å². The first-order valence-corrected chi connectivity index (χ1v) is 6.27. The fraction of sp³-hybridized carbons (Fsp3) is 0.267. The van der Waals surface area contributed by atoms with Gasteiger partial charge in [-0.25, -0.2) is 9.59 Å². The van der Waals surface area contributed by atoms with Crippen LogP contribution in [0.4, 0.5) is 0 Å². The summed E-state index contributed by atoms with van der Waals surface area (Å²) in [6, 6.07) is 3.09. The lowest BCUT2D eigenvalue weighted by Gasteiger charge is -2.24. The Bertz CT molecular complexity index is 644. The fourth-order valence-corrected chi connectivity index (χ4v) is 2.33. The van der Waals surface area contributed by atoms with Crippen LogP contribution in [0.5, 0.6) is 5.75 Å². The summed E-state index contributed by atoms with van der Waals surface area (Å²) < 4.78 is 10.3. The Kier molecular flexibility index (Phi) is 4.07. The van der Waals surface area contributed by atoms with E-state index in [0.717, 1.165) is 6.08 Å². The van der Waals surface area contributed by atoms with Gasteiger partial charge in [-0.15, -0.1) is 0 Å². The Balaban J connectivity index is 2.49. The summed E-state index contributed by atoms with van der Waals surface area (Å²) in [6.45, 7) is 1.39. The Morgan fingerprint density at radius 2 is 2.14 bits per heavy atom. The van der Waals surface area contributed by atoms with Crippen molar-refractivity contribution in [2.75, 3.05) is 7.11 Å². The van der Waals surface area contributed by atoms with Crippen molar-refractivity contribution < 1.29 is 29.0 Å². The molecule has 1 aromatic carbocycles. The van der Waals surface area contributed by atoms with Crippen LogP contribution in [0.2, 0.25) is 0 Å². The van der Waals surface area contributed by atoms with Gasteiger partial charge in [0.05, 0.1) is 18.2 Å². The van der Waals surface area contributed by atoms with Crippen molar-refractivity contribution in [3.63, 3.8) is 0 Å². The van der Waals surface area contributed by atoms with Crippen molar-refractivity contribution in [3.05, 3.63) is 41.0 Å². The number of ketones is 1.